The van der Waals surface area contributed by atoms with Gasteiger partial charge in [0.25, 0.3) is 8.32 Å². The van der Waals surface area contributed by atoms with Crippen molar-refractivity contribution in [3.8, 4) is 0 Å². The number of hydrogen-bond acceptors (Lipinski definition) is 3. The van der Waals surface area contributed by atoms with Crippen LogP contribution in [0.15, 0.2) is 91.0 Å². The van der Waals surface area contributed by atoms with Crippen molar-refractivity contribution in [3.63, 3.8) is 0 Å². The molecule has 0 spiro atoms. The molecule has 0 bridgehead atoms. The van der Waals surface area contributed by atoms with E-state index in [0.717, 1.165) is 0 Å². The molecule has 0 aliphatic heterocycles. The minimum absolute atomic E-state index is 0. The van der Waals surface area contributed by atoms with Crippen LogP contribution in [0.5, 0.6) is 0 Å². The second-order valence-electron chi connectivity index (χ2n) is 9.37. The Bertz CT molecular complexity index is 857. The summed E-state index contributed by atoms with van der Waals surface area (Å²) in [7, 11) is 0.713. The monoisotopic (exact) mass is 530 g/mol. The van der Waals surface area contributed by atoms with Crippen LogP contribution in [0.4, 0.5) is 0 Å². The van der Waals surface area contributed by atoms with Gasteiger partial charge in [0.05, 0.1) is 0 Å². The van der Waals surface area contributed by atoms with E-state index in [-0.39, 0.29) is 14.9 Å². The molecule has 3 aromatic carbocycles. The van der Waals surface area contributed by atoms with Gasteiger partial charge in [-0.15, -0.1) is 0 Å². The second kappa shape index (κ2) is 16.8. The highest BCUT2D eigenvalue weighted by Crippen LogP contribution is 2.06. The average molecular weight is 531 g/mol. The van der Waals surface area contributed by atoms with Crippen LogP contribution in [0.1, 0.15) is 14.9 Å². The van der Waals surface area contributed by atoms with E-state index in [2.05, 4.69) is 112 Å². The lowest BCUT2D eigenvalue weighted by atomic mass is 10.4. The van der Waals surface area contributed by atoms with Gasteiger partial charge in [-0.3, -0.25) is 0 Å². The lowest BCUT2D eigenvalue weighted by Crippen LogP contribution is -2.57. The zero-order valence-corrected chi connectivity index (χ0v) is 24.9. The van der Waals surface area contributed by atoms with E-state index in [9.17, 15) is 0 Å². The van der Waals surface area contributed by atoms with Crippen LogP contribution in [0.25, 0.3) is 0 Å². The maximum Gasteiger partial charge on any atom is 0.252 e. The summed E-state index contributed by atoms with van der Waals surface area (Å²) in [6.07, 6.45) is 0. The molecule has 3 rings (SSSR count). The lowest BCUT2D eigenvalue weighted by molar-refractivity contribution is 0.411. The van der Waals surface area contributed by atoms with Gasteiger partial charge in [0.15, 0.2) is 8.32 Å². The Morgan fingerprint density at radius 2 is 0.714 bits per heavy atom. The van der Waals surface area contributed by atoms with Gasteiger partial charge in [-0.05, 0) is 54.8 Å². The van der Waals surface area contributed by atoms with Gasteiger partial charge in [-0.1, -0.05) is 106 Å². The van der Waals surface area contributed by atoms with Crippen LogP contribution in [-0.2, 0) is 13.3 Å². The van der Waals surface area contributed by atoms with E-state index >= 15 is 0 Å². The van der Waals surface area contributed by atoms with E-state index in [1.165, 1.54) is 15.6 Å². The van der Waals surface area contributed by atoms with Crippen LogP contribution in [0.3, 0.4) is 0 Å². The molecule has 0 aliphatic rings. The first-order valence-corrected chi connectivity index (χ1v) is 20.0. The molecule has 0 amide bonds. The number of hydrogen-bond donors (Lipinski definition) is 0. The molecule has 35 heavy (non-hydrogen) atoms. The fraction of sp³-hybridized carbons (Fsp3) is 0.379. The Morgan fingerprint density at radius 3 is 0.943 bits per heavy atom. The third-order valence-electron chi connectivity index (χ3n) is 5.65. The molecule has 0 aromatic heterocycles. The van der Waals surface area contributed by atoms with Crippen LogP contribution in [0.2, 0.25) is 39.3 Å². The van der Waals surface area contributed by atoms with Gasteiger partial charge in [0.2, 0.25) is 8.32 Å². The molecule has 0 unspecified atom stereocenters. The molecule has 196 valence electrons. The third-order valence-corrected chi connectivity index (χ3v) is 13.3. The molecule has 3 nitrogen and oxygen atoms in total. The highest BCUT2D eigenvalue weighted by atomic mass is 28.4. The maximum atomic E-state index is 5.85. The molecule has 0 saturated carbocycles. The van der Waals surface area contributed by atoms with E-state index in [4.69, 9.17) is 13.3 Å². The summed E-state index contributed by atoms with van der Waals surface area (Å²) in [5, 5.41) is 3.97. The van der Waals surface area contributed by atoms with Crippen LogP contribution < -0.4 is 15.6 Å². The van der Waals surface area contributed by atoms with Gasteiger partial charge in [0, 0.05) is 21.3 Å². The third kappa shape index (κ3) is 12.1. The summed E-state index contributed by atoms with van der Waals surface area (Å²) in [4.78, 5) is 0. The Kier molecular flexibility index (Phi) is 17.0. The summed E-state index contributed by atoms with van der Waals surface area (Å²) >= 11 is 0. The summed E-state index contributed by atoms with van der Waals surface area (Å²) < 4.78 is 16.4. The molecular weight excluding hydrogens is 481 g/mol. The minimum Gasteiger partial charge on any atom is -0.421 e. The zero-order valence-electron chi connectivity index (χ0n) is 21.9. The van der Waals surface area contributed by atoms with Crippen LogP contribution >= 0.6 is 0 Å². The van der Waals surface area contributed by atoms with Crippen molar-refractivity contribution in [2.45, 2.75) is 54.1 Å². The Morgan fingerprint density at radius 1 is 0.429 bits per heavy atom. The highest BCUT2D eigenvalue weighted by Gasteiger charge is 2.32. The average Bonchev–Trinajstić information content (AvgIpc) is 2.85. The first-order chi connectivity index (χ1) is 15.5. The quantitative estimate of drug-likeness (QED) is 0.340. The molecule has 0 atom stereocenters. The summed E-state index contributed by atoms with van der Waals surface area (Å²) in [5.74, 6) is 0. The van der Waals surface area contributed by atoms with Gasteiger partial charge >= 0.3 is 0 Å². The molecule has 3 aromatic rings. The predicted octanol–water partition coefficient (Wildman–Crippen LogP) is 6.51. The Hall–Kier alpha value is -1.81. The molecule has 6 heteroatoms. The molecule has 0 aliphatic carbocycles. The van der Waals surface area contributed by atoms with Crippen molar-refractivity contribution in [2.75, 3.05) is 21.3 Å². The standard InChI is InChI=1S/C14H16OSi.C9H14OSi.C4H12OSi.2CH4/c1-15-16(2,13-9-5-3-6-10-13)14-11-7-4-8-12-14;1-10-11(2,3)9-7-5-4-6-8-9;1-5-6(2,3)4;;/h3-12H,1-2H3;4-8H,1-3H3;1-4H3;2*1H4. The van der Waals surface area contributed by atoms with Gasteiger partial charge in [-0.25, -0.2) is 0 Å². The number of benzene rings is 3. The zero-order chi connectivity index (χ0) is 25.0. The Balaban J connectivity index is 0. The molecular formula is C29H50O3Si3. The molecule has 0 fully saturated rings. The van der Waals surface area contributed by atoms with Crippen molar-refractivity contribution < 1.29 is 13.3 Å². The van der Waals surface area contributed by atoms with E-state index in [0.29, 0.717) is 0 Å². The SMILES string of the molecule is C.C.CO[Si](C)(C)C.CO[Si](C)(C)c1ccccc1.CO[Si](C)(c1ccccc1)c1ccccc1. The van der Waals surface area contributed by atoms with Crippen LogP contribution in [-0.4, -0.2) is 46.3 Å². The van der Waals surface area contributed by atoms with Crippen molar-refractivity contribution in [1.29, 1.82) is 0 Å². The molecule has 0 heterocycles. The van der Waals surface area contributed by atoms with Crippen molar-refractivity contribution in [1.82, 2.24) is 0 Å². The van der Waals surface area contributed by atoms with Gasteiger partial charge in [-0.2, -0.15) is 0 Å². The first kappa shape index (κ1) is 35.4. The van der Waals surface area contributed by atoms with Gasteiger partial charge < -0.3 is 13.3 Å². The maximum absolute atomic E-state index is 5.85. The summed E-state index contributed by atoms with van der Waals surface area (Å²) in [5.41, 5.74) is 0. The van der Waals surface area contributed by atoms with Crippen molar-refractivity contribution in [2.24, 2.45) is 0 Å². The predicted molar refractivity (Wildman–Crippen MR) is 165 cm³/mol. The topological polar surface area (TPSA) is 27.7 Å². The van der Waals surface area contributed by atoms with Crippen LogP contribution in [0, 0.1) is 0 Å². The largest absolute Gasteiger partial charge is 0.421 e. The fourth-order valence-corrected chi connectivity index (χ4v) is 6.56. The normalized spacial score (nSPS) is 10.9. The smallest absolute Gasteiger partial charge is 0.252 e. The highest BCUT2D eigenvalue weighted by molar-refractivity contribution is 6.96. The first-order valence-electron chi connectivity index (χ1n) is 11.3. The Labute approximate surface area is 219 Å². The molecule has 0 saturated heterocycles. The van der Waals surface area contributed by atoms with Gasteiger partial charge in [0.1, 0.15) is 0 Å². The van der Waals surface area contributed by atoms with E-state index in [1.54, 1.807) is 14.2 Å². The van der Waals surface area contributed by atoms with Crippen molar-refractivity contribution >= 4 is 40.5 Å². The van der Waals surface area contributed by atoms with E-state index in [1.807, 2.05) is 25.3 Å². The second-order valence-corrected chi connectivity index (χ2v) is 21.6. The molecule has 0 radical (unpaired) electrons. The summed E-state index contributed by atoms with van der Waals surface area (Å²) in [6.45, 7) is 13.1. The summed E-state index contributed by atoms with van der Waals surface area (Å²) in [6, 6.07) is 31.4. The fourth-order valence-electron chi connectivity index (χ4n) is 2.87. The minimum atomic E-state index is -1.98. The number of rotatable bonds is 6. The van der Waals surface area contributed by atoms with Crippen molar-refractivity contribution in [3.05, 3.63) is 91.0 Å². The van der Waals surface area contributed by atoms with E-state index < -0.39 is 25.0 Å². The molecule has 0 N–H and O–H groups in total. The lowest BCUT2D eigenvalue weighted by Gasteiger charge is -2.26.